The van der Waals surface area contributed by atoms with Crippen LogP contribution in [0.4, 0.5) is 0 Å². The highest BCUT2D eigenvalue weighted by atomic mass is 16.5. The van der Waals surface area contributed by atoms with Gasteiger partial charge in [0, 0.05) is 46.0 Å². The molecule has 1 aromatic heterocycles. The van der Waals surface area contributed by atoms with Crippen molar-refractivity contribution in [3.05, 3.63) is 18.0 Å². The second-order valence-corrected chi connectivity index (χ2v) is 6.44. The van der Waals surface area contributed by atoms with E-state index in [-0.39, 0.29) is 0 Å². The smallest absolute Gasteiger partial charge is 0.0741 e. The van der Waals surface area contributed by atoms with Crippen molar-refractivity contribution in [2.24, 2.45) is 7.05 Å². The minimum absolute atomic E-state index is 0.365. The van der Waals surface area contributed by atoms with Gasteiger partial charge >= 0.3 is 0 Å². The molecule has 1 aromatic rings. The van der Waals surface area contributed by atoms with Gasteiger partial charge in [-0.1, -0.05) is 0 Å². The van der Waals surface area contributed by atoms with Gasteiger partial charge in [0.15, 0.2) is 0 Å². The van der Waals surface area contributed by atoms with Crippen LogP contribution in [0, 0.1) is 0 Å². The summed E-state index contributed by atoms with van der Waals surface area (Å²) in [7, 11) is 3.84. The molecule has 2 saturated heterocycles. The monoisotopic (exact) mass is 292 g/mol. The summed E-state index contributed by atoms with van der Waals surface area (Å²) < 4.78 is 7.61. The summed E-state index contributed by atoms with van der Waals surface area (Å²) in [5, 5.41) is 4.29. The second kappa shape index (κ2) is 6.90. The quantitative estimate of drug-likeness (QED) is 0.787. The van der Waals surface area contributed by atoms with Crippen LogP contribution in [0.1, 0.15) is 24.8 Å². The van der Waals surface area contributed by atoms with Crippen molar-refractivity contribution in [2.75, 3.05) is 39.8 Å². The zero-order chi connectivity index (χ0) is 14.7. The molecule has 0 amide bonds. The molecule has 2 atom stereocenters. The van der Waals surface area contributed by atoms with Crippen LogP contribution in [0.25, 0.3) is 0 Å². The first kappa shape index (κ1) is 15.0. The lowest BCUT2D eigenvalue weighted by Gasteiger charge is -2.29. The zero-order valence-electron chi connectivity index (χ0n) is 13.4. The molecule has 0 saturated carbocycles. The molecule has 0 bridgehead atoms. The summed E-state index contributed by atoms with van der Waals surface area (Å²) in [5.41, 5.74) is 1.32. The molecule has 0 spiro atoms. The summed E-state index contributed by atoms with van der Waals surface area (Å²) in [6.45, 7) is 6.12. The van der Waals surface area contributed by atoms with Crippen molar-refractivity contribution in [3.63, 3.8) is 0 Å². The molecule has 21 heavy (non-hydrogen) atoms. The molecule has 0 aliphatic carbocycles. The molecule has 2 aliphatic heterocycles. The average molecular weight is 292 g/mol. The van der Waals surface area contributed by atoms with Crippen LogP contribution in [-0.2, 0) is 18.2 Å². The highest BCUT2D eigenvalue weighted by Gasteiger charge is 2.34. The minimum Gasteiger partial charge on any atom is -0.380 e. The van der Waals surface area contributed by atoms with Gasteiger partial charge in [-0.25, -0.2) is 0 Å². The zero-order valence-corrected chi connectivity index (χ0v) is 13.4. The van der Waals surface area contributed by atoms with E-state index in [2.05, 4.69) is 21.1 Å². The Morgan fingerprint density at radius 3 is 2.71 bits per heavy atom. The van der Waals surface area contributed by atoms with Gasteiger partial charge in [-0.05, 0) is 44.3 Å². The molecule has 2 fully saturated rings. The van der Waals surface area contributed by atoms with Crippen molar-refractivity contribution in [3.8, 4) is 0 Å². The Kier molecular flexibility index (Phi) is 4.93. The van der Waals surface area contributed by atoms with E-state index in [1.54, 1.807) is 0 Å². The Bertz CT molecular complexity index is 441. The number of aryl methyl sites for hydroxylation is 1. The molecule has 0 unspecified atom stereocenters. The first-order chi connectivity index (χ1) is 10.3. The van der Waals surface area contributed by atoms with Crippen molar-refractivity contribution in [2.45, 2.75) is 37.8 Å². The summed E-state index contributed by atoms with van der Waals surface area (Å²) in [4.78, 5) is 5.22. The third kappa shape index (κ3) is 3.65. The molecule has 3 heterocycles. The van der Waals surface area contributed by atoms with E-state index in [0.29, 0.717) is 12.1 Å². The molecule has 3 rings (SSSR count). The molecule has 0 N–H and O–H groups in total. The van der Waals surface area contributed by atoms with Crippen LogP contribution in [0.5, 0.6) is 0 Å². The molecule has 5 heteroatoms. The van der Waals surface area contributed by atoms with Crippen molar-refractivity contribution < 1.29 is 4.74 Å². The number of methoxy groups -OCH3 is 1. The fourth-order valence-electron chi connectivity index (χ4n) is 3.79. The Morgan fingerprint density at radius 1 is 1.24 bits per heavy atom. The third-order valence-corrected chi connectivity index (χ3v) is 5.01. The van der Waals surface area contributed by atoms with Crippen LogP contribution in [0.2, 0.25) is 0 Å². The van der Waals surface area contributed by atoms with Crippen molar-refractivity contribution in [1.29, 1.82) is 0 Å². The Balaban J connectivity index is 1.58. The van der Waals surface area contributed by atoms with E-state index in [0.717, 1.165) is 19.4 Å². The van der Waals surface area contributed by atoms with Crippen LogP contribution < -0.4 is 0 Å². The molecule has 118 valence electrons. The van der Waals surface area contributed by atoms with Gasteiger partial charge in [0.05, 0.1) is 12.3 Å². The van der Waals surface area contributed by atoms with Gasteiger partial charge < -0.3 is 9.64 Å². The lowest BCUT2D eigenvalue weighted by atomic mass is 10.0. The fourth-order valence-corrected chi connectivity index (χ4v) is 3.79. The summed E-state index contributed by atoms with van der Waals surface area (Å²) in [6, 6.07) is 0.502. The van der Waals surface area contributed by atoms with Gasteiger partial charge in [0.1, 0.15) is 0 Å². The minimum atomic E-state index is 0.365. The molecule has 0 radical (unpaired) electrons. The standard InChI is InChI=1S/C16H28N4O/c1-18-13-14(12-17-18)11-15-16(21-2)5-8-20(15)10-9-19-6-3-4-7-19/h12-13,15-16H,3-11H2,1-2H3/t15-,16+/m1/s1. The second-order valence-electron chi connectivity index (χ2n) is 6.44. The number of likely N-dealkylation sites (tertiary alicyclic amines) is 2. The van der Waals surface area contributed by atoms with Crippen LogP contribution in [0.15, 0.2) is 12.4 Å². The van der Waals surface area contributed by atoms with Gasteiger partial charge in [0.2, 0.25) is 0 Å². The number of hydrogen-bond donors (Lipinski definition) is 0. The molecular weight excluding hydrogens is 264 g/mol. The molecular formula is C16H28N4O. The summed E-state index contributed by atoms with van der Waals surface area (Å²) >= 11 is 0. The number of ether oxygens (including phenoxy) is 1. The van der Waals surface area contributed by atoms with Crippen molar-refractivity contribution in [1.82, 2.24) is 19.6 Å². The van der Waals surface area contributed by atoms with E-state index >= 15 is 0 Å². The largest absolute Gasteiger partial charge is 0.380 e. The molecule has 0 aromatic carbocycles. The Hall–Kier alpha value is -0.910. The molecule has 2 aliphatic rings. The van der Waals surface area contributed by atoms with E-state index in [1.807, 2.05) is 25.0 Å². The normalized spacial score (nSPS) is 27.7. The van der Waals surface area contributed by atoms with Gasteiger partial charge in [-0.2, -0.15) is 5.10 Å². The number of aromatic nitrogens is 2. The van der Waals surface area contributed by atoms with E-state index in [4.69, 9.17) is 4.74 Å². The number of hydrogen-bond acceptors (Lipinski definition) is 4. The molecule has 5 nitrogen and oxygen atoms in total. The third-order valence-electron chi connectivity index (χ3n) is 5.01. The number of rotatable bonds is 6. The predicted molar refractivity (Wildman–Crippen MR) is 83.4 cm³/mol. The van der Waals surface area contributed by atoms with Gasteiger partial charge in [-0.3, -0.25) is 9.58 Å². The highest BCUT2D eigenvalue weighted by Crippen LogP contribution is 2.24. The Morgan fingerprint density at radius 2 is 2.05 bits per heavy atom. The van der Waals surface area contributed by atoms with Crippen LogP contribution in [0.3, 0.4) is 0 Å². The van der Waals surface area contributed by atoms with Crippen molar-refractivity contribution >= 4 is 0 Å². The van der Waals surface area contributed by atoms with Gasteiger partial charge in [0.25, 0.3) is 0 Å². The predicted octanol–water partition coefficient (Wildman–Crippen LogP) is 1.15. The van der Waals surface area contributed by atoms with Gasteiger partial charge in [-0.15, -0.1) is 0 Å². The maximum Gasteiger partial charge on any atom is 0.0741 e. The van der Waals surface area contributed by atoms with E-state index < -0.39 is 0 Å². The number of nitrogens with zero attached hydrogens (tertiary/aromatic N) is 4. The first-order valence-electron chi connectivity index (χ1n) is 8.23. The Labute approximate surface area is 127 Å². The SMILES string of the molecule is CO[C@H]1CCN(CCN2CCCC2)[C@@H]1Cc1cnn(C)c1. The summed E-state index contributed by atoms with van der Waals surface area (Å²) in [5.74, 6) is 0. The maximum atomic E-state index is 5.72. The first-order valence-corrected chi connectivity index (χ1v) is 8.23. The maximum absolute atomic E-state index is 5.72. The van der Waals surface area contributed by atoms with Crippen LogP contribution in [-0.4, -0.2) is 71.6 Å². The van der Waals surface area contributed by atoms with E-state index in [1.165, 1.54) is 44.6 Å². The van der Waals surface area contributed by atoms with Crippen LogP contribution >= 0.6 is 0 Å². The lowest BCUT2D eigenvalue weighted by Crippen LogP contribution is -2.41. The highest BCUT2D eigenvalue weighted by molar-refractivity contribution is 5.08. The summed E-state index contributed by atoms with van der Waals surface area (Å²) in [6.07, 6.45) is 9.43. The lowest BCUT2D eigenvalue weighted by molar-refractivity contribution is 0.0635. The topological polar surface area (TPSA) is 33.5 Å². The average Bonchev–Trinajstić information content (AvgIpc) is 3.19. The fraction of sp³-hybridized carbons (Fsp3) is 0.812. The van der Waals surface area contributed by atoms with E-state index in [9.17, 15) is 0 Å².